The van der Waals surface area contributed by atoms with Gasteiger partial charge in [-0.25, -0.2) is 0 Å². The summed E-state index contributed by atoms with van der Waals surface area (Å²) in [4.78, 5) is 0.779. The van der Waals surface area contributed by atoms with E-state index in [9.17, 15) is 0 Å². The summed E-state index contributed by atoms with van der Waals surface area (Å²) in [5, 5.41) is 0.598. The van der Waals surface area contributed by atoms with Crippen molar-refractivity contribution in [2.75, 3.05) is 14.0 Å². The van der Waals surface area contributed by atoms with Crippen LogP contribution in [0.25, 0.3) is 0 Å². The van der Waals surface area contributed by atoms with Gasteiger partial charge in [0, 0.05) is 24.7 Å². The maximum atomic E-state index is 7.99. The number of rotatable bonds is 5. The SMILES string of the molecule is [2H]C([2H])([2H])N(C(Cc1ccccc1)C1(c2ccc(Cl)cc2)CCC1)C([2H])([2H])[2H]. The number of nitrogens with zero attached hydrogens (tertiary/aromatic N) is 1. The third-order valence-corrected chi connectivity index (χ3v) is 5.14. The van der Waals surface area contributed by atoms with E-state index in [1.165, 1.54) is 0 Å². The summed E-state index contributed by atoms with van der Waals surface area (Å²) >= 11 is 6.05. The first kappa shape index (κ1) is 9.75. The van der Waals surface area contributed by atoms with E-state index in [-0.39, 0.29) is 0 Å². The minimum atomic E-state index is -2.74. The van der Waals surface area contributed by atoms with E-state index >= 15 is 0 Å². The van der Waals surface area contributed by atoms with E-state index in [1.54, 1.807) is 12.1 Å². The van der Waals surface area contributed by atoms with Crippen LogP contribution in [0.3, 0.4) is 0 Å². The van der Waals surface area contributed by atoms with Crippen molar-refractivity contribution in [3.8, 4) is 0 Å². The van der Waals surface area contributed by atoms with Gasteiger partial charge in [0.25, 0.3) is 0 Å². The van der Waals surface area contributed by atoms with Gasteiger partial charge in [-0.1, -0.05) is 60.5 Å². The Morgan fingerprint density at radius 2 is 1.77 bits per heavy atom. The summed E-state index contributed by atoms with van der Waals surface area (Å²) in [5.41, 5.74) is 1.33. The molecule has 0 N–H and O–H groups in total. The molecule has 1 fully saturated rings. The van der Waals surface area contributed by atoms with Gasteiger partial charge >= 0.3 is 0 Å². The lowest BCUT2D eigenvalue weighted by Gasteiger charge is -2.51. The maximum absolute atomic E-state index is 7.99. The molecule has 1 saturated carbocycles. The van der Waals surface area contributed by atoms with Gasteiger partial charge in [0.2, 0.25) is 0 Å². The van der Waals surface area contributed by atoms with E-state index in [4.69, 9.17) is 19.8 Å². The van der Waals surface area contributed by atoms with Crippen LogP contribution in [0.2, 0.25) is 5.02 Å². The van der Waals surface area contributed by atoms with Crippen LogP contribution in [0, 0.1) is 0 Å². The Bertz CT molecular complexity index is 767. The first-order chi connectivity index (χ1) is 13.0. The molecule has 0 spiro atoms. The van der Waals surface area contributed by atoms with Crippen LogP contribution in [0.4, 0.5) is 0 Å². The molecule has 0 amide bonds. The highest BCUT2D eigenvalue weighted by Gasteiger charge is 2.46. The zero-order valence-electron chi connectivity index (χ0n) is 18.4. The van der Waals surface area contributed by atoms with Crippen LogP contribution >= 0.6 is 11.6 Å². The zero-order chi connectivity index (χ0) is 20.6. The molecule has 0 radical (unpaired) electrons. The lowest BCUT2D eigenvalue weighted by molar-refractivity contribution is 0.0965. The Labute approximate surface area is 147 Å². The molecule has 2 heteroatoms. The second kappa shape index (κ2) is 6.44. The third-order valence-electron chi connectivity index (χ3n) is 4.89. The Balaban J connectivity index is 2.12. The molecule has 1 aliphatic carbocycles. The van der Waals surface area contributed by atoms with Crippen molar-refractivity contribution in [1.29, 1.82) is 0 Å². The van der Waals surface area contributed by atoms with E-state index in [0.717, 1.165) is 35.3 Å². The Morgan fingerprint density at radius 1 is 1.09 bits per heavy atom. The van der Waals surface area contributed by atoms with Crippen molar-refractivity contribution in [2.45, 2.75) is 37.1 Å². The third kappa shape index (κ3) is 2.93. The topological polar surface area (TPSA) is 3.24 Å². The first-order valence-corrected chi connectivity index (χ1v) is 8.01. The molecular formula is C20H24ClN. The van der Waals surface area contributed by atoms with Gasteiger partial charge in [-0.05, 0) is 56.5 Å². The van der Waals surface area contributed by atoms with Crippen LogP contribution in [0.15, 0.2) is 54.6 Å². The second-order valence-corrected chi connectivity index (χ2v) is 6.53. The largest absolute Gasteiger partial charge is 0.305 e. The molecule has 1 unspecified atom stereocenters. The lowest BCUT2D eigenvalue weighted by Crippen LogP contribution is -2.53. The van der Waals surface area contributed by atoms with Gasteiger partial charge in [-0.15, -0.1) is 0 Å². The average Bonchev–Trinajstić information content (AvgIpc) is 2.54. The molecule has 0 bridgehead atoms. The number of halogens is 1. The Kier molecular flexibility index (Phi) is 2.85. The summed E-state index contributed by atoms with van der Waals surface area (Å²) in [6, 6.07) is 16.2. The van der Waals surface area contributed by atoms with Crippen LogP contribution in [-0.4, -0.2) is 24.9 Å². The van der Waals surface area contributed by atoms with Crippen LogP contribution < -0.4 is 0 Å². The van der Waals surface area contributed by atoms with Gasteiger partial charge < -0.3 is 4.90 Å². The van der Waals surface area contributed by atoms with Gasteiger partial charge in [0.05, 0.1) is 0 Å². The minimum absolute atomic E-state index is 0.347. The van der Waals surface area contributed by atoms with Crippen molar-refractivity contribution in [3.05, 3.63) is 70.7 Å². The number of hydrogen-bond donors (Lipinski definition) is 0. The predicted molar refractivity (Wildman–Crippen MR) is 94.6 cm³/mol. The fourth-order valence-electron chi connectivity index (χ4n) is 3.52. The van der Waals surface area contributed by atoms with Gasteiger partial charge in [-0.3, -0.25) is 0 Å². The number of benzene rings is 2. The molecule has 0 aromatic heterocycles. The second-order valence-electron chi connectivity index (χ2n) is 6.09. The summed E-state index contributed by atoms with van der Waals surface area (Å²) in [6.07, 6.45) is 2.77. The minimum Gasteiger partial charge on any atom is -0.305 e. The molecule has 3 rings (SSSR count). The predicted octanol–water partition coefficient (Wildman–Crippen LogP) is 4.93. The van der Waals surface area contributed by atoms with Crippen molar-refractivity contribution in [1.82, 2.24) is 4.90 Å². The van der Waals surface area contributed by atoms with E-state index in [1.807, 2.05) is 42.5 Å². The average molecular weight is 320 g/mol. The molecule has 0 saturated heterocycles. The fourth-order valence-corrected chi connectivity index (χ4v) is 3.65. The van der Waals surface area contributed by atoms with Crippen LogP contribution in [-0.2, 0) is 11.8 Å². The number of likely N-dealkylation sites (N-methyl/N-ethyl adjacent to an activating group) is 1. The molecule has 0 aliphatic heterocycles. The highest BCUT2D eigenvalue weighted by atomic mass is 35.5. The lowest BCUT2D eigenvalue weighted by atomic mass is 9.59. The molecule has 22 heavy (non-hydrogen) atoms. The summed E-state index contributed by atoms with van der Waals surface area (Å²) in [7, 11) is 0. The standard InChI is InChI=1S/C20H24ClN/c1-22(2)19(15-16-7-4-3-5-8-16)20(13-6-14-20)17-9-11-18(21)12-10-17/h3-5,7-12,19H,6,13-15H2,1-2H3/i1D3,2D3. The van der Waals surface area contributed by atoms with E-state index in [0.29, 0.717) is 11.4 Å². The molecular weight excluding hydrogens is 290 g/mol. The summed E-state index contributed by atoms with van der Waals surface area (Å²) in [5.74, 6) is 0. The van der Waals surface area contributed by atoms with Crippen LogP contribution in [0.1, 0.15) is 38.6 Å². The van der Waals surface area contributed by atoms with Crippen molar-refractivity contribution in [2.24, 2.45) is 0 Å². The molecule has 2 aromatic carbocycles. The molecule has 1 aliphatic rings. The molecule has 1 atom stereocenters. The van der Waals surface area contributed by atoms with Gasteiger partial charge in [0.15, 0.2) is 0 Å². The fraction of sp³-hybridized carbons (Fsp3) is 0.400. The van der Waals surface area contributed by atoms with Crippen molar-refractivity contribution >= 4 is 11.6 Å². The zero-order valence-corrected chi connectivity index (χ0v) is 13.2. The smallest absolute Gasteiger partial charge is 0.0406 e. The van der Waals surface area contributed by atoms with E-state index in [2.05, 4.69) is 0 Å². The highest BCUT2D eigenvalue weighted by molar-refractivity contribution is 6.30. The Hall–Kier alpha value is -1.31. The normalized spacial score (nSPS) is 23.2. The van der Waals surface area contributed by atoms with Gasteiger partial charge in [0.1, 0.15) is 0 Å². The quantitative estimate of drug-likeness (QED) is 0.755. The van der Waals surface area contributed by atoms with Crippen molar-refractivity contribution in [3.63, 3.8) is 0 Å². The monoisotopic (exact) mass is 319 g/mol. The first-order valence-electron chi connectivity index (χ1n) is 10.6. The van der Waals surface area contributed by atoms with Crippen LogP contribution in [0.5, 0.6) is 0 Å². The molecule has 2 aromatic rings. The van der Waals surface area contributed by atoms with E-state index < -0.39 is 25.4 Å². The maximum Gasteiger partial charge on any atom is 0.0406 e. The summed E-state index contributed by atoms with van der Waals surface area (Å²) in [6.45, 7) is -5.47. The van der Waals surface area contributed by atoms with Gasteiger partial charge in [-0.2, -0.15) is 0 Å². The molecule has 0 heterocycles. The summed E-state index contributed by atoms with van der Waals surface area (Å²) < 4.78 is 48.0. The molecule has 116 valence electrons. The number of hydrogen-bond acceptors (Lipinski definition) is 1. The van der Waals surface area contributed by atoms with Crippen molar-refractivity contribution < 1.29 is 8.22 Å². The molecule has 1 nitrogen and oxygen atoms in total. The Morgan fingerprint density at radius 3 is 2.32 bits per heavy atom. The highest BCUT2D eigenvalue weighted by Crippen LogP contribution is 2.48.